The van der Waals surface area contributed by atoms with Gasteiger partial charge in [-0.15, -0.1) is 11.3 Å². The fourth-order valence-corrected chi connectivity index (χ4v) is 4.19. The van der Waals surface area contributed by atoms with Crippen LogP contribution in [0.4, 0.5) is 5.00 Å². The molecule has 0 aromatic carbocycles. The Balaban J connectivity index is 1.98. The minimum atomic E-state index is -0.528. The molecule has 1 N–H and O–H groups in total. The number of likely N-dealkylation sites (tertiary alicyclic amines) is 1. The molecule has 27 heavy (non-hydrogen) atoms. The van der Waals surface area contributed by atoms with Crippen LogP contribution in [0.5, 0.6) is 0 Å². The van der Waals surface area contributed by atoms with Gasteiger partial charge in [0.15, 0.2) is 6.61 Å². The third kappa shape index (κ3) is 5.31. The summed E-state index contributed by atoms with van der Waals surface area (Å²) < 4.78 is 5.27. The molecule has 0 bridgehead atoms. The van der Waals surface area contributed by atoms with Crippen LogP contribution < -0.4 is 5.32 Å². The topological polar surface area (TPSA) is 75.7 Å². The lowest BCUT2D eigenvalue weighted by Gasteiger charge is -2.38. The maximum atomic E-state index is 12.5. The lowest BCUT2D eigenvalue weighted by Crippen LogP contribution is -2.49. The van der Waals surface area contributed by atoms with Gasteiger partial charge in [0.25, 0.3) is 5.91 Å². The molecule has 2 atom stereocenters. The molecule has 1 aliphatic heterocycles. The number of nitrogens with one attached hydrogen (secondary N) is 1. The number of hydrogen-bond donors (Lipinski definition) is 1. The number of ether oxygens (including phenoxy) is 1. The van der Waals surface area contributed by atoms with Crippen LogP contribution in [0.3, 0.4) is 0 Å². The number of esters is 1. The zero-order valence-electron chi connectivity index (χ0n) is 17.0. The van der Waals surface area contributed by atoms with Crippen LogP contribution in [0.1, 0.15) is 69.1 Å². The van der Waals surface area contributed by atoms with Gasteiger partial charge >= 0.3 is 5.97 Å². The Labute approximate surface area is 165 Å². The summed E-state index contributed by atoms with van der Waals surface area (Å²) >= 11 is 1.17. The summed E-state index contributed by atoms with van der Waals surface area (Å²) in [6, 6.07) is 2.09. The zero-order valence-corrected chi connectivity index (χ0v) is 17.9. The number of thiophene rings is 1. The monoisotopic (exact) mass is 394 g/mol. The molecule has 2 heterocycles. The quantitative estimate of drug-likeness (QED) is 0.784. The first-order chi connectivity index (χ1) is 12.5. The van der Waals surface area contributed by atoms with Gasteiger partial charge in [0.2, 0.25) is 5.91 Å². The van der Waals surface area contributed by atoms with Crippen molar-refractivity contribution >= 4 is 34.1 Å². The van der Waals surface area contributed by atoms with E-state index >= 15 is 0 Å². The Hall–Kier alpha value is -1.89. The largest absolute Gasteiger partial charge is 0.451 e. The van der Waals surface area contributed by atoms with E-state index in [2.05, 4.69) is 5.32 Å². The lowest BCUT2D eigenvalue weighted by molar-refractivity contribution is -0.140. The Morgan fingerprint density at radius 3 is 2.37 bits per heavy atom. The van der Waals surface area contributed by atoms with E-state index in [0.717, 1.165) is 24.8 Å². The van der Waals surface area contributed by atoms with Crippen molar-refractivity contribution < 1.29 is 19.1 Å². The van der Waals surface area contributed by atoms with Crippen molar-refractivity contribution in [2.24, 2.45) is 5.41 Å². The van der Waals surface area contributed by atoms with Crippen molar-refractivity contribution in [3.8, 4) is 0 Å². The highest BCUT2D eigenvalue weighted by molar-refractivity contribution is 7.18. The van der Waals surface area contributed by atoms with Gasteiger partial charge in [0, 0.05) is 17.5 Å². The highest BCUT2D eigenvalue weighted by atomic mass is 32.1. The molecule has 0 saturated carbocycles. The van der Waals surface area contributed by atoms with Crippen LogP contribution in [-0.2, 0) is 14.3 Å². The van der Waals surface area contributed by atoms with E-state index in [9.17, 15) is 14.4 Å². The van der Waals surface area contributed by atoms with Crippen molar-refractivity contribution in [2.45, 2.75) is 72.9 Å². The van der Waals surface area contributed by atoms with Crippen molar-refractivity contribution in [2.75, 3.05) is 11.9 Å². The van der Waals surface area contributed by atoms with Crippen LogP contribution in [0.2, 0.25) is 0 Å². The number of nitrogens with zero attached hydrogens (tertiary/aromatic N) is 1. The molecule has 1 saturated heterocycles. The first-order valence-electron chi connectivity index (χ1n) is 9.41. The van der Waals surface area contributed by atoms with Crippen molar-refractivity contribution in [3.05, 3.63) is 16.5 Å². The average molecular weight is 395 g/mol. The maximum Gasteiger partial charge on any atom is 0.349 e. The van der Waals surface area contributed by atoms with Gasteiger partial charge in [-0.05, 0) is 51.7 Å². The second kappa shape index (κ2) is 8.42. The molecule has 150 valence electrons. The number of aryl methyl sites for hydroxylation is 1. The minimum absolute atomic E-state index is 0.119. The fraction of sp³-hybridized carbons (Fsp3) is 0.650. The number of rotatable bonds is 4. The zero-order chi connectivity index (χ0) is 20.4. The third-order valence-electron chi connectivity index (χ3n) is 4.83. The van der Waals surface area contributed by atoms with E-state index in [1.165, 1.54) is 11.3 Å². The average Bonchev–Trinajstić information content (AvgIpc) is 2.92. The van der Waals surface area contributed by atoms with Crippen LogP contribution >= 0.6 is 11.3 Å². The summed E-state index contributed by atoms with van der Waals surface area (Å²) in [4.78, 5) is 39.3. The van der Waals surface area contributed by atoms with Crippen LogP contribution in [0.25, 0.3) is 0 Å². The molecule has 2 rings (SSSR count). The molecule has 0 aliphatic carbocycles. The number of piperidine rings is 1. The number of anilines is 1. The lowest BCUT2D eigenvalue weighted by atomic mass is 9.96. The normalized spacial score (nSPS) is 20.3. The number of carbonyl (C=O) groups excluding carboxylic acids is 3. The SMILES string of the molecule is Cc1cc(NC(=O)C(C)(C)C)sc1C(=O)OCC(=O)N1[C@H](C)CCC[C@H]1C. The van der Waals surface area contributed by atoms with E-state index < -0.39 is 11.4 Å². The Morgan fingerprint density at radius 2 is 1.81 bits per heavy atom. The first kappa shape index (κ1) is 21.4. The summed E-state index contributed by atoms with van der Waals surface area (Å²) in [6.45, 7) is 11.1. The first-order valence-corrected chi connectivity index (χ1v) is 10.2. The summed E-state index contributed by atoms with van der Waals surface area (Å²) in [5, 5.41) is 3.42. The Kier molecular flexibility index (Phi) is 6.68. The van der Waals surface area contributed by atoms with Crippen LogP contribution in [0, 0.1) is 12.3 Å². The molecule has 1 fully saturated rings. The van der Waals surface area contributed by atoms with Gasteiger partial charge in [0.1, 0.15) is 4.88 Å². The van der Waals surface area contributed by atoms with E-state index in [1.54, 1.807) is 13.0 Å². The standard InChI is InChI=1S/C20H30N2O4S/c1-12-10-15(21-19(25)20(4,5)6)27-17(12)18(24)26-11-16(23)22-13(2)8-7-9-14(22)3/h10,13-14H,7-9,11H2,1-6H3,(H,21,25)/t13-,14-/m1/s1. The molecule has 2 amide bonds. The van der Waals surface area contributed by atoms with Gasteiger partial charge in [0.05, 0.1) is 5.00 Å². The predicted octanol–water partition coefficient (Wildman–Crippen LogP) is 3.99. The number of carbonyl (C=O) groups is 3. The summed E-state index contributed by atoms with van der Waals surface area (Å²) in [5.74, 6) is -0.801. The Bertz CT molecular complexity index is 710. The smallest absolute Gasteiger partial charge is 0.349 e. The molecule has 1 aliphatic rings. The summed E-state index contributed by atoms with van der Waals surface area (Å²) in [5.41, 5.74) is 0.202. The van der Waals surface area contributed by atoms with Gasteiger partial charge in [-0.2, -0.15) is 0 Å². The van der Waals surface area contributed by atoms with Gasteiger partial charge in [-0.25, -0.2) is 4.79 Å². The van der Waals surface area contributed by atoms with E-state index in [1.807, 2.05) is 39.5 Å². The van der Waals surface area contributed by atoms with Gasteiger partial charge < -0.3 is 15.0 Å². The molecule has 1 aromatic heterocycles. The number of hydrogen-bond acceptors (Lipinski definition) is 5. The summed E-state index contributed by atoms with van der Waals surface area (Å²) in [7, 11) is 0. The molecule has 6 nitrogen and oxygen atoms in total. The third-order valence-corrected chi connectivity index (χ3v) is 5.96. The predicted molar refractivity (Wildman–Crippen MR) is 107 cm³/mol. The highest BCUT2D eigenvalue weighted by Gasteiger charge is 2.30. The highest BCUT2D eigenvalue weighted by Crippen LogP contribution is 2.29. The molecule has 0 radical (unpaired) electrons. The molecular weight excluding hydrogens is 364 g/mol. The summed E-state index contributed by atoms with van der Waals surface area (Å²) in [6.07, 6.45) is 3.07. The van der Waals surface area contributed by atoms with Crippen molar-refractivity contribution in [1.82, 2.24) is 4.90 Å². The second-order valence-electron chi connectivity index (χ2n) is 8.33. The van der Waals surface area contributed by atoms with E-state index in [-0.39, 0.29) is 30.5 Å². The molecular formula is C20H30N2O4S. The second-order valence-corrected chi connectivity index (χ2v) is 9.39. The molecule has 1 aromatic rings. The van der Waals surface area contributed by atoms with E-state index in [0.29, 0.717) is 9.88 Å². The molecule has 0 unspecified atom stereocenters. The fourth-order valence-electron chi connectivity index (χ4n) is 3.23. The maximum absolute atomic E-state index is 12.5. The molecule has 0 spiro atoms. The molecule has 7 heteroatoms. The van der Waals surface area contributed by atoms with Crippen molar-refractivity contribution in [3.63, 3.8) is 0 Å². The van der Waals surface area contributed by atoms with Crippen LogP contribution in [-0.4, -0.2) is 41.4 Å². The Morgan fingerprint density at radius 1 is 1.22 bits per heavy atom. The van der Waals surface area contributed by atoms with E-state index in [4.69, 9.17) is 4.74 Å². The van der Waals surface area contributed by atoms with Crippen LogP contribution in [0.15, 0.2) is 6.07 Å². The number of amides is 2. The minimum Gasteiger partial charge on any atom is -0.451 e. The van der Waals surface area contributed by atoms with Gasteiger partial charge in [-0.3, -0.25) is 9.59 Å². The van der Waals surface area contributed by atoms with Crippen molar-refractivity contribution in [1.29, 1.82) is 0 Å². The van der Waals surface area contributed by atoms with Gasteiger partial charge in [-0.1, -0.05) is 20.8 Å².